The molecule has 0 aromatic heterocycles. The van der Waals surface area contributed by atoms with E-state index in [0.29, 0.717) is 30.5 Å². The third kappa shape index (κ3) is 4.77. The Morgan fingerprint density at radius 1 is 1.04 bits per heavy atom. The van der Waals surface area contributed by atoms with Crippen molar-refractivity contribution in [3.63, 3.8) is 0 Å². The van der Waals surface area contributed by atoms with E-state index >= 15 is 0 Å². The lowest BCUT2D eigenvalue weighted by atomic mass is 9.94. The predicted molar refractivity (Wildman–Crippen MR) is 104 cm³/mol. The standard InChI is InChI=1S/C21H24FNO4S/c1-15-11-16(2)13-23(12-15)28(25,26)20-9-5-18(6-10-20)21(24)27-14-17-3-7-19(22)8-4-17/h3-10,15-16H,11-14H2,1-2H3/t15-,16-/m1/s1. The number of sulfonamides is 1. The molecule has 150 valence electrons. The fraction of sp³-hybridized carbons (Fsp3) is 0.381. The second-order valence-electron chi connectivity index (χ2n) is 7.50. The Morgan fingerprint density at radius 3 is 2.18 bits per heavy atom. The van der Waals surface area contributed by atoms with E-state index in [1.54, 1.807) is 12.1 Å². The lowest BCUT2D eigenvalue weighted by molar-refractivity contribution is 0.0472. The van der Waals surface area contributed by atoms with Crippen LogP contribution in [0.1, 0.15) is 36.2 Å². The number of hydrogen-bond donors (Lipinski definition) is 0. The first-order chi connectivity index (χ1) is 13.3. The minimum absolute atomic E-state index is 0.0166. The van der Waals surface area contributed by atoms with Crippen LogP contribution in [0, 0.1) is 17.7 Å². The highest BCUT2D eigenvalue weighted by Gasteiger charge is 2.31. The number of nitrogens with zero attached hydrogens (tertiary/aromatic N) is 1. The number of ether oxygens (including phenoxy) is 1. The lowest BCUT2D eigenvalue weighted by Gasteiger charge is -2.34. The Kier molecular flexibility index (Phi) is 6.15. The summed E-state index contributed by atoms with van der Waals surface area (Å²) in [7, 11) is -3.58. The Bertz CT molecular complexity index is 916. The minimum Gasteiger partial charge on any atom is -0.457 e. The molecule has 1 saturated heterocycles. The molecule has 0 N–H and O–H groups in total. The van der Waals surface area contributed by atoms with Gasteiger partial charge in [0.05, 0.1) is 10.5 Å². The molecular weight excluding hydrogens is 381 g/mol. The fourth-order valence-electron chi connectivity index (χ4n) is 3.53. The van der Waals surface area contributed by atoms with Crippen LogP contribution in [0.5, 0.6) is 0 Å². The van der Waals surface area contributed by atoms with Gasteiger partial charge in [0, 0.05) is 13.1 Å². The summed E-state index contributed by atoms with van der Waals surface area (Å²) in [4.78, 5) is 12.3. The first kappa shape index (κ1) is 20.5. The van der Waals surface area contributed by atoms with E-state index < -0.39 is 16.0 Å². The first-order valence-electron chi connectivity index (χ1n) is 9.27. The van der Waals surface area contributed by atoms with E-state index in [2.05, 4.69) is 13.8 Å². The van der Waals surface area contributed by atoms with Gasteiger partial charge >= 0.3 is 5.97 Å². The summed E-state index contributed by atoms with van der Waals surface area (Å²) in [6, 6.07) is 11.5. The molecule has 2 aromatic carbocycles. The quantitative estimate of drug-likeness (QED) is 0.709. The van der Waals surface area contributed by atoms with Crippen LogP contribution in [-0.2, 0) is 21.4 Å². The second kappa shape index (κ2) is 8.41. The zero-order valence-corrected chi connectivity index (χ0v) is 16.8. The van der Waals surface area contributed by atoms with Crippen LogP contribution in [0.15, 0.2) is 53.4 Å². The highest BCUT2D eigenvalue weighted by atomic mass is 32.2. The van der Waals surface area contributed by atoms with E-state index in [1.807, 2.05) is 0 Å². The molecule has 7 heteroatoms. The van der Waals surface area contributed by atoms with Gasteiger partial charge < -0.3 is 4.74 Å². The smallest absolute Gasteiger partial charge is 0.338 e. The van der Waals surface area contributed by atoms with Crippen molar-refractivity contribution in [3.05, 3.63) is 65.5 Å². The molecule has 28 heavy (non-hydrogen) atoms. The van der Waals surface area contributed by atoms with Crippen LogP contribution in [0.3, 0.4) is 0 Å². The molecule has 0 radical (unpaired) electrons. The summed E-state index contributed by atoms with van der Waals surface area (Å²) in [5.41, 5.74) is 0.934. The highest BCUT2D eigenvalue weighted by Crippen LogP contribution is 2.26. The van der Waals surface area contributed by atoms with Crippen LogP contribution >= 0.6 is 0 Å². The van der Waals surface area contributed by atoms with Gasteiger partial charge in [0.15, 0.2) is 0 Å². The summed E-state index contributed by atoms with van der Waals surface area (Å²) < 4.78 is 45.4. The average Bonchev–Trinajstić information content (AvgIpc) is 2.66. The van der Waals surface area contributed by atoms with Gasteiger partial charge in [-0.25, -0.2) is 17.6 Å². The van der Waals surface area contributed by atoms with Gasteiger partial charge in [0.2, 0.25) is 10.0 Å². The molecule has 1 heterocycles. The predicted octanol–water partition coefficient (Wildman–Crippen LogP) is 3.85. The molecule has 0 saturated carbocycles. The lowest BCUT2D eigenvalue weighted by Crippen LogP contribution is -2.42. The maximum absolute atomic E-state index is 12.9. The van der Waals surface area contributed by atoms with Gasteiger partial charge in [0.25, 0.3) is 0 Å². The van der Waals surface area contributed by atoms with Gasteiger partial charge in [-0.2, -0.15) is 4.31 Å². The van der Waals surface area contributed by atoms with Crippen LogP contribution in [-0.4, -0.2) is 31.8 Å². The van der Waals surface area contributed by atoms with E-state index in [1.165, 1.54) is 40.7 Å². The number of piperidine rings is 1. The molecule has 1 aliphatic rings. The molecule has 0 aliphatic carbocycles. The first-order valence-corrected chi connectivity index (χ1v) is 10.7. The third-order valence-corrected chi connectivity index (χ3v) is 6.69. The van der Waals surface area contributed by atoms with Gasteiger partial charge in [-0.05, 0) is 60.2 Å². The van der Waals surface area contributed by atoms with E-state index in [4.69, 9.17) is 4.74 Å². The second-order valence-corrected chi connectivity index (χ2v) is 9.43. The van der Waals surface area contributed by atoms with Crippen molar-refractivity contribution >= 4 is 16.0 Å². The number of carbonyl (C=O) groups excluding carboxylic acids is 1. The maximum atomic E-state index is 12.9. The van der Waals surface area contributed by atoms with Crippen molar-refractivity contribution in [2.24, 2.45) is 11.8 Å². The zero-order chi connectivity index (χ0) is 20.3. The van der Waals surface area contributed by atoms with E-state index in [9.17, 15) is 17.6 Å². The molecule has 5 nitrogen and oxygen atoms in total. The van der Waals surface area contributed by atoms with Crippen molar-refractivity contribution in [3.8, 4) is 0 Å². The van der Waals surface area contributed by atoms with Gasteiger partial charge in [-0.3, -0.25) is 0 Å². The molecule has 1 aliphatic heterocycles. The number of benzene rings is 2. The van der Waals surface area contributed by atoms with Crippen molar-refractivity contribution in [1.82, 2.24) is 4.31 Å². The van der Waals surface area contributed by atoms with Crippen molar-refractivity contribution < 1.29 is 22.3 Å². The summed E-state index contributed by atoms with van der Waals surface area (Å²) >= 11 is 0. The molecule has 0 spiro atoms. The average molecular weight is 405 g/mol. The Morgan fingerprint density at radius 2 is 1.61 bits per heavy atom. The van der Waals surface area contributed by atoms with Gasteiger partial charge in [0.1, 0.15) is 12.4 Å². The molecule has 0 bridgehead atoms. The molecule has 2 atom stereocenters. The number of esters is 1. The van der Waals surface area contributed by atoms with Gasteiger partial charge in [-0.15, -0.1) is 0 Å². The SMILES string of the molecule is C[C@@H]1C[C@@H](C)CN(S(=O)(=O)c2ccc(C(=O)OCc3ccc(F)cc3)cc2)C1. The molecular formula is C21H24FNO4S. The van der Waals surface area contributed by atoms with Crippen molar-refractivity contribution in [1.29, 1.82) is 0 Å². The Balaban J connectivity index is 1.66. The monoisotopic (exact) mass is 405 g/mol. The van der Waals surface area contributed by atoms with Crippen LogP contribution in [0.2, 0.25) is 0 Å². The summed E-state index contributed by atoms with van der Waals surface area (Å²) in [5.74, 6) is -0.281. The number of rotatable bonds is 5. The molecule has 0 amide bonds. The summed E-state index contributed by atoms with van der Waals surface area (Å²) in [6.07, 6.45) is 1.02. The maximum Gasteiger partial charge on any atom is 0.338 e. The van der Waals surface area contributed by atoms with Crippen molar-refractivity contribution in [2.45, 2.75) is 31.8 Å². The highest BCUT2D eigenvalue weighted by molar-refractivity contribution is 7.89. The third-order valence-electron chi connectivity index (χ3n) is 4.85. The van der Waals surface area contributed by atoms with Crippen LogP contribution in [0.25, 0.3) is 0 Å². The molecule has 1 fully saturated rings. The molecule has 0 unspecified atom stereocenters. The largest absolute Gasteiger partial charge is 0.457 e. The van der Waals surface area contributed by atoms with E-state index in [0.717, 1.165) is 6.42 Å². The van der Waals surface area contributed by atoms with E-state index in [-0.39, 0.29) is 22.9 Å². The normalized spacial score (nSPS) is 20.7. The number of halogens is 1. The number of carbonyl (C=O) groups is 1. The topological polar surface area (TPSA) is 63.7 Å². The molecule has 3 rings (SSSR count). The minimum atomic E-state index is -3.58. The zero-order valence-electron chi connectivity index (χ0n) is 16.0. The Labute approximate surface area is 165 Å². The summed E-state index contributed by atoms with van der Waals surface area (Å²) in [6.45, 7) is 5.14. The van der Waals surface area contributed by atoms with Crippen molar-refractivity contribution in [2.75, 3.05) is 13.1 Å². The number of hydrogen-bond acceptors (Lipinski definition) is 4. The Hall–Kier alpha value is -2.25. The molecule has 2 aromatic rings. The van der Waals surface area contributed by atoms with Crippen LogP contribution < -0.4 is 0 Å². The fourth-order valence-corrected chi connectivity index (χ4v) is 5.21. The summed E-state index contributed by atoms with van der Waals surface area (Å²) in [5, 5.41) is 0. The van der Waals surface area contributed by atoms with Crippen LogP contribution in [0.4, 0.5) is 4.39 Å². The van der Waals surface area contributed by atoms with Gasteiger partial charge in [-0.1, -0.05) is 26.0 Å².